The second-order valence-corrected chi connectivity index (χ2v) is 9.13. The molecule has 0 radical (unpaired) electrons. The number of fused-ring (bicyclic) bond motifs is 2. The van der Waals surface area contributed by atoms with Crippen LogP contribution in [0, 0.1) is 20.8 Å². The molecule has 0 amide bonds. The fourth-order valence-corrected chi connectivity index (χ4v) is 4.93. The first-order chi connectivity index (χ1) is 16.0. The van der Waals surface area contributed by atoms with E-state index in [-0.39, 0.29) is 0 Å². The van der Waals surface area contributed by atoms with Gasteiger partial charge in [-0.05, 0) is 81.7 Å². The van der Waals surface area contributed by atoms with E-state index in [0.717, 1.165) is 67.1 Å². The zero-order chi connectivity index (χ0) is 22.9. The molecule has 0 unspecified atom stereocenters. The molecule has 1 N–H and O–H groups in total. The summed E-state index contributed by atoms with van der Waals surface area (Å²) >= 11 is 0. The van der Waals surface area contributed by atoms with Crippen LogP contribution in [0.15, 0.2) is 42.5 Å². The van der Waals surface area contributed by atoms with Gasteiger partial charge in [-0.25, -0.2) is 4.98 Å². The van der Waals surface area contributed by atoms with Crippen molar-refractivity contribution in [3.8, 4) is 16.9 Å². The van der Waals surface area contributed by atoms with Crippen LogP contribution in [-0.4, -0.2) is 28.3 Å². The molecule has 0 bridgehead atoms. The maximum absolute atomic E-state index is 5.41. The van der Waals surface area contributed by atoms with Gasteiger partial charge in [0.05, 0.1) is 12.8 Å². The third kappa shape index (κ3) is 4.08. The quantitative estimate of drug-likeness (QED) is 0.366. The Kier molecular flexibility index (Phi) is 5.79. The lowest BCUT2D eigenvalue weighted by molar-refractivity contribution is 0.414. The van der Waals surface area contributed by atoms with Crippen molar-refractivity contribution in [3.63, 3.8) is 0 Å². The van der Waals surface area contributed by atoms with Crippen molar-refractivity contribution in [2.45, 2.75) is 52.9 Å². The van der Waals surface area contributed by atoms with Crippen molar-refractivity contribution in [2.75, 3.05) is 19.0 Å². The van der Waals surface area contributed by atoms with E-state index in [1.54, 1.807) is 7.11 Å². The highest BCUT2D eigenvalue weighted by molar-refractivity contribution is 5.83. The van der Waals surface area contributed by atoms with Crippen LogP contribution in [0.3, 0.4) is 0 Å². The number of rotatable bonds is 7. The fourth-order valence-electron chi connectivity index (χ4n) is 4.93. The second-order valence-electron chi connectivity index (χ2n) is 9.13. The molecule has 170 valence electrons. The lowest BCUT2D eigenvalue weighted by Gasteiger charge is -2.14. The average molecular weight is 441 g/mol. The fraction of sp³-hybridized carbons (Fsp3) is 0.357. The zero-order valence-corrected chi connectivity index (χ0v) is 20.0. The van der Waals surface area contributed by atoms with Crippen molar-refractivity contribution in [1.29, 1.82) is 0 Å². The van der Waals surface area contributed by atoms with Crippen LogP contribution in [0.5, 0.6) is 5.75 Å². The molecule has 2 aromatic carbocycles. The van der Waals surface area contributed by atoms with E-state index in [0.29, 0.717) is 0 Å². The highest BCUT2D eigenvalue weighted by atomic mass is 16.5. The van der Waals surface area contributed by atoms with E-state index in [9.17, 15) is 0 Å². The average Bonchev–Trinajstić information content (AvgIpc) is 3.41. The minimum Gasteiger partial charge on any atom is -0.497 e. The summed E-state index contributed by atoms with van der Waals surface area (Å²) in [6.07, 6.45) is 5.40. The van der Waals surface area contributed by atoms with Gasteiger partial charge in [-0.1, -0.05) is 35.9 Å². The van der Waals surface area contributed by atoms with Crippen LogP contribution >= 0.6 is 0 Å². The summed E-state index contributed by atoms with van der Waals surface area (Å²) in [5, 5.41) is 8.69. The molecule has 1 aliphatic carbocycles. The third-order valence-corrected chi connectivity index (χ3v) is 6.72. The summed E-state index contributed by atoms with van der Waals surface area (Å²) in [4.78, 5) is 5.11. The van der Waals surface area contributed by atoms with Crippen molar-refractivity contribution >= 4 is 11.5 Å². The topological polar surface area (TPSA) is 51.5 Å². The first-order valence-electron chi connectivity index (χ1n) is 11.9. The lowest BCUT2D eigenvalue weighted by Crippen LogP contribution is -2.12. The first kappa shape index (κ1) is 21.5. The van der Waals surface area contributed by atoms with Gasteiger partial charge in [0.2, 0.25) is 0 Å². The monoisotopic (exact) mass is 440 g/mol. The predicted molar refractivity (Wildman–Crippen MR) is 134 cm³/mol. The highest BCUT2D eigenvalue weighted by Crippen LogP contribution is 2.36. The molecule has 33 heavy (non-hydrogen) atoms. The highest BCUT2D eigenvalue weighted by Gasteiger charge is 2.24. The molecule has 0 saturated heterocycles. The molecule has 0 fully saturated rings. The Hall–Kier alpha value is -3.34. The van der Waals surface area contributed by atoms with Gasteiger partial charge in [-0.3, -0.25) is 0 Å². The van der Waals surface area contributed by atoms with Crippen LogP contribution in [0.25, 0.3) is 16.8 Å². The van der Waals surface area contributed by atoms with Crippen LogP contribution < -0.4 is 10.1 Å². The van der Waals surface area contributed by atoms with Crippen molar-refractivity contribution in [3.05, 3.63) is 76.1 Å². The Morgan fingerprint density at radius 1 is 1.03 bits per heavy atom. The Labute approximate surface area is 195 Å². The van der Waals surface area contributed by atoms with E-state index >= 15 is 0 Å². The number of hydrogen-bond donors (Lipinski definition) is 1. The number of nitrogens with one attached hydrogen (secondary N) is 1. The summed E-state index contributed by atoms with van der Waals surface area (Å²) in [7, 11) is 1.71. The Balaban J connectivity index is 1.47. The Morgan fingerprint density at radius 3 is 2.61 bits per heavy atom. The predicted octanol–water partition coefficient (Wildman–Crippen LogP) is 5.86. The second kappa shape index (κ2) is 8.89. The number of aryl methyl sites for hydroxylation is 5. The van der Waals surface area contributed by atoms with Crippen LogP contribution in [0.2, 0.25) is 0 Å². The minimum absolute atomic E-state index is 0.871. The van der Waals surface area contributed by atoms with Crippen molar-refractivity contribution in [2.24, 2.45) is 0 Å². The smallest absolute Gasteiger partial charge is 0.165 e. The molecule has 5 heteroatoms. The first-order valence-corrected chi connectivity index (χ1v) is 11.9. The number of anilines is 1. The molecular formula is C28H32N4O. The maximum Gasteiger partial charge on any atom is 0.165 e. The molecule has 2 aromatic heterocycles. The van der Waals surface area contributed by atoms with Gasteiger partial charge in [0, 0.05) is 23.4 Å². The van der Waals surface area contributed by atoms with E-state index in [1.807, 2.05) is 10.6 Å². The Morgan fingerprint density at radius 2 is 1.85 bits per heavy atom. The normalized spacial score (nSPS) is 12.8. The summed E-state index contributed by atoms with van der Waals surface area (Å²) < 4.78 is 7.46. The minimum atomic E-state index is 0.871. The largest absolute Gasteiger partial charge is 0.497 e. The molecular weight excluding hydrogens is 408 g/mol. The number of benzene rings is 2. The number of ether oxygens (including phenoxy) is 1. The van der Waals surface area contributed by atoms with E-state index in [2.05, 4.69) is 62.5 Å². The van der Waals surface area contributed by atoms with Crippen LogP contribution in [0.1, 0.15) is 46.5 Å². The summed E-state index contributed by atoms with van der Waals surface area (Å²) in [6.45, 7) is 7.25. The molecule has 0 spiro atoms. The van der Waals surface area contributed by atoms with Crippen molar-refractivity contribution in [1.82, 2.24) is 14.6 Å². The van der Waals surface area contributed by atoms with Crippen LogP contribution in [-0.2, 0) is 19.3 Å². The van der Waals surface area contributed by atoms with E-state index < -0.39 is 0 Å². The van der Waals surface area contributed by atoms with Crippen molar-refractivity contribution < 1.29 is 4.74 Å². The van der Waals surface area contributed by atoms with Gasteiger partial charge in [-0.15, -0.1) is 0 Å². The molecule has 2 heterocycles. The SMILES string of the molecule is COc1ccc(-c2c(C)nn3c(NCCCc4ccc(C)cc4)c4c(nc23)CCC4)c(C)c1. The van der Waals surface area contributed by atoms with Gasteiger partial charge >= 0.3 is 0 Å². The van der Waals surface area contributed by atoms with Gasteiger partial charge in [0.15, 0.2) is 5.65 Å². The van der Waals surface area contributed by atoms with E-state index in [1.165, 1.54) is 33.5 Å². The van der Waals surface area contributed by atoms with E-state index in [4.69, 9.17) is 14.8 Å². The van der Waals surface area contributed by atoms with Gasteiger partial charge in [0.25, 0.3) is 0 Å². The van der Waals surface area contributed by atoms with Gasteiger partial charge in [-0.2, -0.15) is 9.61 Å². The number of nitrogens with zero attached hydrogens (tertiary/aromatic N) is 3. The van der Waals surface area contributed by atoms with Crippen LogP contribution in [0.4, 0.5) is 5.82 Å². The number of methoxy groups -OCH3 is 1. The third-order valence-electron chi connectivity index (χ3n) is 6.72. The maximum atomic E-state index is 5.41. The number of aromatic nitrogens is 3. The molecule has 5 rings (SSSR count). The molecule has 0 atom stereocenters. The Bertz CT molecular complexity index is 1300. The molecule has 4 aromatic rings. The number of hydrogen-bond acceptors (Lipinski definition) is 4. The molecule has 0 aliphatic heterocycles. The zero-order valence-electron chi connectivity index (χ0n) is 20.0. The molecule has 0 saturated carbocycles. The molecule has 1 aliphatic rings. The summed E-state index contributed by atoms with van der Waals surface area (Å²) in [5.41, 5.74) is 10.6. The summed E-state index contributed by atoms with van der Waals surface area (Å²) in [6, 6.07) is 15.1. The lowest BCUT2D eigenvalue weighted by atomic mass is 10.0. The summed E-state index contributed by atoms with van der Waals surface area (Å²) in [5.74, 6) is 1.99. The molecule has 5 nitrogen and oxygen atoms in total. The standard InChI is InChI=1S/C28H32N4O/c1-18-10-12-21(13-11-18)7-6-16-29-27-24-8-5-9-25(24)30-28-26(20(3)31-32(27)28)23-15-14-22(33-4)17-19(23)2/h10-15,17,29H,5-9,16H2,1-4H3. The van der Waals surface area contributed by atoms with Gasteiger partial charge < -0.3 is 10.1 Å². The van der Waals surface area contributed by atoms with Gasteiger partial charge in [0.1, 0.15) is 11.6 Å².